The van der Waals surface area contributed by atoms with Crippen LogP contribution in [0.25, 0.3) is 10.8 Å². The maximum atomic E-state index is 10.4. The summed E-state index contributed by atoms with van der Waals surface area (Å²) in [4.78, 5) is 0. The van der Waals surface area contributed by atoms with Gasteiger partial charge in [0.2, 0.25) is 0 Å². The third-order valence-corrected chi connectivity index (χ3v) is 5.18. The van der Waals surface area contributed by atoms with Crippen LogP contribution in [0.2, 0.25) is 0 Å². The molecule has 1 atom stereocenters. The summed E-state index contributed by atoms with van der Waals surface area (Å²) in [6, 6.07) is 15.4. The minimum Gasteiger partial charge on any atom is -0.504 e. The molecule has 5 rings (SSSR count). The van der Waals surface area contributed by atoms with Crippen LogP contribution >= 0.6 is 0 Å². The average molecular weight is 334 g/mol. The van der Waals surface area contributed by atoms with E-state index in [4.69, 9.17) is 14.2 Å². The summed E-state index contributed by atoms with van der Waals surface area (Å²) >= 11 is 0. The third kappa shape index (κ3) is 1.94. The highest BCUT2D eigenvalue weighted by Crippen LogP contribution is 2.52. The van der Waals surface area contributed by atoms with Crippen molar-refractivity contribution in [1.82, 2.24) is 0 Å². The Bertz CT molecular complexity index is 995. The number of methoxy groups -OCH3 is 1. The molecule has 0 bridgehead atoms. The van der Waals surface area contributed by atoms with Gasteiger partial charge in [0.1, 0.15) is 11.5 Å². The lowest BCUT2D eigenvalue weighted by Crippen LogP contribution is -2.44. The molecule has 0 amide bonds. The van der Waals surface area contributed by atoms with Crippen molar-refractivity contribution in [1.29, 1.82) is 0 Å². The molecule has 25 heavy (non-hydrogen) atoms. The van der Waals surface area contributed by atoms with Crippen LogP contribution in [0.4, 0.5) is 0 Å². The molecule has 4 heteroatoms. The van der Waals surface area contributed by atoms with E-state index in [-0.39, 0.29) is 5.75 Å². The Balaban J connectivity index is 1.75. The lowest BCUT2D eigenvalue weighted by atomic mass is 9.85. The van der Waals surface area contributed by atoms with Gasteiger partial charge in [0.25, 0.3) is 5.79 Å². The van der Waals surface area contributed by atoms with E-state index in [1.165, 1.54) is 0 Å². The van der Waals surface area contributed by atoms with Gasteiger partial charge < -0.3 is 19.3 Å². The third-order valence-electron chi connectivity index (χ3n) is 5.18. The van der Waals surface area contributed by atoms with E-state index in [1.807, 2.05) is 42.5 Å². The van der Waals surface area contributed by atoms with Crippen LogP contribution in [-0.2, 0) is 12.2 Å². The molecule has 2 aliphatic rings. The summed E-state index contributed by atoms with van der Waals surface area (Å²) in [6.07, 6.45) is 2.56. The first-order chi connectivity index (χ1) is 12.2. The zero-order valence-corrected chi connectivity index (χ0v) is 13.9. The first-order valence-corrected chi connectivity index (χ1v) is 8.51. The van der Waals surface area contributed by atoms with Crippen molar-refractivity contribution >= 4 is 10.8 Å². The molecule has 0 radical (unpaired) electrons. The van der Waals surface area contributed by atoms with Crippen LogP contribution in [0.5, 0.6) is 23.0 Å². The molecule has 1 heterocycles. The quantitative estimate of drug-likeness (QED) is 0.711. The number of benzene rings is 3. The van der Waals surface area contributed by atoms with Crippen LogP contribution in [-0.4, -0.2) is 12.2 Å². The highest BCUT2D eigenvalue weighted by molar-refractivity contribution is 5.96. The zero-order chi connectivity index (χ0) is 17.0. The molecule has 1 aliphatic heterocycles. The van der Waals surface area contributed by atoms with Crippen LogP contribution in [0, 0.1) is 0 Å². The minimum absolute atomic E-state index is 0.137. The topological polar surface area (TPSA) is 47.9 Å². The molecule has 126 valence electrons. The SMILES string of the molecule is COc1cccc2c1CCCC21Oc2cccc3ccc(O)c(c23)O1. The number of ether oxygens (including phenoxy) is 3. The van der Waals surface area contributed by atoms with Crippen LogP contribution in [0.15, 0.2) is 48.5 Å². The van der Waals surface area contributed by atoms with Gasteiger partial charge in [0.05, 0.1) is 12.5 Å². The molecule has 0 saturated carbocycles. The van der Waals surface area contributed by atoms with Gasteiger partial charge in [-0.15, -0.1) is 0 Å². The van der Waals surface area contributed by atoms with Crippen molar-refractivity contribution in [3.8, 4) is 23.0 Å². The number of hydrogen-bond donors (Lipinski definition) is 1. The predicted molar refractivity (Wildman–Crippen MR) is 94.5 cm³/mol. The van der Waals surface area contributed by atoms with Gasteiger partial charge in [-0.1, -0.05) is 30.3 Å². The fourth-order valence-electron chi connectivity index (χ4n) is 4.07. The Morgan fingerprint density at radius 1 is 1.04 bits per heavy atom. The summed E-state index contributed by atoms with van der Waals surface area (Å²) < 4.78 is 18.3. The number of aromatic hydroxyl groups is 1. The molecule has 0 fully saturated rings. The standard InChI is InChI=1S/C21H18O4/c1-23-17-8-3-7-15-14(17)6-4-12-21(15)24-18-9-2-5-13-10-11-16(22)20(25-21)19(13)18/h2-3,5,7-11,22H,4,6,12H2,1H3. The molecule has 3 aromatic carbocycles. The Hall–Kier alpha value is -2.88. The molecule has 0 aromatic heterocycles. The van der Waals surface area contributed by atoms with E-state index >= 15 is 0 Å². The van der Waals surface area contributed by atoms with Gasteiger partial charge in [-0.05, 0) is 36.4 Å². The Morgan fingerprint density at radius 2 is 1.92 bits per heavy atom. The summed E-state index contributed by atoms with van der Waals surface area (Å²) in [5, 5.41) is 12.2. The molecule has 1 aliphatic carbocycles. The van der Waals surface area contributed by atoms with Crippen molar-refractivity contribution in [2.45, 2.75) is 25.0 Å². The fourth-order valence-corrected chi connectivity index (χ4v) is 4.07. The predicted octanol–water partition coefficient (Wildman–Crippen LogP) is 4.51. The van der Waals surface area contributed by atoms with E-state index in [2.05, 4.69) is 0 Å². The van der Waals surface area contributed by atoms with Crippen LogP contribution in [0.1, 0.15) is 24.0 Å². The van der Waals surface area contributed by atoms with E-state index in [0.717, 1.165) is 52.7 Å². The molecule has 1 N–H and O–H groups in total. The summed E-state index contributed by atoms with van der Waals surface area (Å²) in [6.45, 7) is 0. The molecule has 3 aromatic rings. The van der Waals surface area contributed by atoms with Crippen LogP contribution < -0.4 is 14.2 Å². The van der Waals surface area contributed by atoms with Crippen molar-refractivity contribution in [2.24, 2.45) is 0 Å². The summed E-state index contributed by atoms with van der Waals surface area (Å²) in [5.41, 5.74) is 2.09. The van der Waals surface area contributed by atoms with Gasteiger partial charge in [-0.3, -0.25) is 0 Å². The molecular formula is C21H18O4. The number of fused-ring (bicyclic) bond motifs is 2. The van der Waals surface area contributed by atoms with Gasteiger partial charge in [0.15, 0.2) is 11.5 Å². The molecule has 0 saturated heterocycles. The second-order valence-corrected chi connectivity index (χ2v) is 6.57. The summed E-state index contributed by atoms with van der Waals surface area (Å²) in [5.74, 6) is 1.30. The van der Waals surface area contributed by atoms with Gasteiger partial charge in [-0.25, -0.2) is 0 Å². The van der Waals surface area contributed by atoms with E-state index in [9.17, 15) is 5.11 Å². The number of rotatable bonds is 1. The normalized spacial score (nSPS) is 20.7. The zero-order valence-electron chi connectivity index (χ0n) is 13.9. The van der Waals surface area contributed by atoms with Gasteiger partial charge >= 0.3 is 0 Å². The van der Waals surface area contributed by atoms with E-state index in [0.29, 0.717) is 5.75 Å². The number of phenolic OH excluding ortho intramolecular Hbond substituents is 1. The van der Waals surface area contributed by atoms with E-state index < -0.39 is 5.79 Å². The van der Waals surface area contributed by atoms with Gasteiger partial charge in [0, 0.05) is 17.5 Å². The lowest BCUT2D eigenvalue weighted by molar-refractivity contribution is -0.139. The molecule has 4 nitrogen and oxygen atoms in total. The van der Waals surface area contributed by atoms with Crippen molar-refractivity contribution < 1.29 is 19.3 Å². The maximum Gasteiger partial charge on any atom is 0.278 e. The molecule has 1 unspecified atom stereocenters. The summed E-state index contributed by atoms with van der Waals surface area (Å²) in [7, 11) is 1.68. The first kappa shape index (κ1) is 14.5. The fraction of sp³-hybridized carbons (Fsp3) is 0.238. The van der Waals surface area contributed by atoms with Crippen molar-refractivity contribution in [3.05, 3.63) is 59.7 Å². The highest BCUT2D eigenvalue weighted by atomic mass is 16.7. The highest BCUT2D eigenvalue weighted by Gasteiger charge is 2.46. The minimum atomic E-state index is -0.928. The molecular weight excluding hydrogens is 316 g/mol. The van der Waals surface area contributed by atoms with Crippen molar-refractivity contribution in [3.63, 3.8) is 0 Å². The largest absolute Gasteiger partial charge is 0.504 e. The second kappa shape index (κ2) is 5.06. The maximum absolute atomic E-state index is 10.4. The van der Waals surface area contributed by atoms with Crippen molar-refractivity contribution in [2.75, 3.05) is 7.11 Å². The second-order valence-electron chi connectivity index (χ2n) is 6.57. The smallest absolute Gasteiger partial charge is 0.278 e. The number of hydrogen-bond acceptors (Lipinski definition) is 4. The lowest BCUT2D eigenvalue weighted by Gasteiger charge is -2.42. The van der Waals surface area contributed by atoms with Crippen LogP contribution in [0.3, 0.4) is 0 Å². The first-order valence-electron chi connectivity index (χ1n) is 8.51. The Labute approximate surface area is 145 Å². The monoisotopic (exact) mass is 334 g/mol. The number of phenols is 1. The average Bonchev–Trinajstić information content (AvgIpc) is 2.64. The Morgan fingerprint density at radius 3 is 2.80 bits per heavy atom. The van der Waals surface area contributed by atoms with Gasteiger partial charge in [-0.2, -0.15) is 0 Å². The van der Waals surface area contributed by atoms with E-state index in [1.54, 1.807) is 13.2 Å². The molecule has 1 spiro atoms. The Kier molecular flexibility index (Phi) is 2.93.